The molecular formula is C12H22OS. The molecule has 14 heavy (non-hydrogen) atoms. The summed E-state index contributed by atoms with van der Waals surface area (Å²) in [4.78, 5) is 0. The molecule has 2 rings (SSSR count). The van der Waals surface area contributed by atoms with Crippen molar-refractivity contribution in [3.05, 3.63) is 0 Å². The lowest BCUT2D eigenvalue weighted by molar-refractivity contribution is -0.0207. The molecule has 2 aliphatic rings. The first kappa shape index (κ1) is 10.8. The van der Waals surface area contributed by atoms with Gasteiger partial charge in [-0.1, -0.05) is 20.8 Å². The summed E-state index contributed by atoms with van der Waals surface area (Å²) in [6.45, 7) is 8.07. The third-order valence-corrected chi connectivity index (χ3v) is 5.23. The van der Waals surface area contributed by atoms with E-state index < -0.39 is 0 Å². The zero-order valence-corrected chi connectivity index (χ0v) is 10.3. The summed E-state index contributed by atoms with van der Waals surface area (Å²) in [5.41, 5.74) is 0. The second-order valence-electron chi connectivity index (χ2n) is 5.13. The molecule has 1 heterocycles. The van der Waals surface area contributed by atoms with E-state index in [1.54, 1.807) is 0 Å². The van der Waals surface area contributed by atoms with Crippen LogP contribution in [0.1, 0.15) is 33.6 Å². The van der Waals surface area contributed by atoms with Crippen molar-refractivity contribution >= 4 is 11.8 Å². The average molecular weight is 214 g/mol. The molecule has 0 amide bonds. The van der Waals surface area contributed by atoms with Gasteiger partial charge in [-0.3, -0.25) is 0 Å². The molecule has 1 saturated carbocycles. The van der Waals surface area contributed by atoms with Crippen molar-refractivity contribution in [2.24, 2.45) is 17.8 Å². The van der Waals surface area contributed by atoms with Crippen LogP contribution in [-0.4, -0.2) is 23.7 Å². The quantitative estimate of drug-likeness (QED) is 0.663. The molecule has 1 aliphatic carbocycles. The predicted octanol–water partition coefficient (Wildman–Crippen LogP) is 3.19. The van der Waals surface area contributed by atoms with Gasteiger partial charge in [-0.05, 0) is 30.6 Å². The Morgan fingerprint density at radius 3 is 2.79 bits per heavy atom. The Labute approximate surface area is 92.0 Å². The molecule has 0 bridgehead atoms. The zero-order valence-electron chi connectivity index (χ0n) is 9.53. The number of rotatable bonds is 1. The standard InChI is InChI=1S/C12H22OS/c1-8(2)10-5-4-9(3)11-12(10)14-7-6-13-11/h8-12H,4-7H2,1-3H3. The van der Waals surface area contributed by atoms with Crippen LogP contribution < -0.4 is 0 Å². The van der Waals surface area contributed by atoms with Crippen molar-refractivity contribution in [3.8, 4) is 0 Å². The molecule has 0 N–H and O–H groups in total. The monoisotopic (exact) mass is 214 g/mol. The maximum atomic E-state index is 5.95. The van der Waals surface area contributed by atoms with E-state index in [9.17, 15) is 0 Å². The third-order valence-electron chi connectivity index (χ3n) is 3.82. The molecule has 2 fully saturated rings. The van der Waals surface area contributed by atoms with Crippen molar-refractivity contribution in [1.29, 1.82) is 0 Å². The number of hydrogen-bond acceptors (Lipinski definition) is 2. The molecule has 0 aromatic heterocycles. The smallest absolute Gasteiger partial charge is 0.0722 e. The molecule has 0 spiro atoms. The van der Waals surface area contributed by atoms with Crippen molar-refractivity contribution in [1.82, 2.24) is 0 Å². The highest BCUT2D eigenvalue weighted by Crippen LogP contribution is 2.43. The molecule has 0 aromatic rings. The van der Waals surface area contributed by atoms with Gasteiger partial charge in [0.1, 0.15) is 0 Å². The molecule has 4 atom stereocenters. The minimum atomic E-state index is 0.551. The molecule has 1 aliphatic heterocycles. The normalized spacial score (nSPS) is 43.7. The Bertz CT molecular complexity index is 191. The maximum absolute atomic E-state index is 5.95. The van der Waals surface area contributed by atoms with E-state index in [0.717, 1.165) is 29.6 Å². The Kier molecular flexibility index (Phi) is 3.43. The molecule has 0 aromatic carbocycles. The molecular weight excluding hydrogens is 192 g/mol. The third kappa shape index (κ3) is 1.96. The summed E-state index contributed by atoms with van der Waals surface area (Å²) in [6, 6.07) is 0. The first-order valence-electron chi connectivity index (χ1n) is 5.93. The fourth-order valence-electron chi connectivity index (χ4n) is 2.91. The number of fused-ring (bicyclic) bond motifs is 1. The number of thioether (sulfide) groups is 1. The van der Waals surface area contributed by atoms with Gasteiger partial charge in [0.15, 0.2) is 0 Å². The van der Waals surface area contributed by atoms with Crippen LogP contribution in [0.4, 0.5) is 0 Å². The van der Waals surface area contributed by atoms with Crippen LogP contribution in [0, 0.1) is 17.8 Å². The first-order valence-corrected chi connectivity index (χ1v) is 6.98. The minimum Gasteiger partial charge on any atom is -0.376 e. The van der Waals surface area contributed by atoms with Gasteiger partial charge >= 0.3 is 0 Å². The largest absolute Gasteiger partial charge is 0.376 e. The highest BCUT2D eigenvalue weighted by Gasteiger charge is 2.41. The minimum absolute atomic E-state index is 0.551. The second-order valence-corrected chi connectivity index (χ2v) is 6.42. The lowest BCUT2D eigenvalue weighted by Gasteiger charge is -2.45. The Hall–Kier alpha value is 0.310. The molecule has 2 heteroatoms. The van der Waals surface area contributed by atoms with Gasteiger partial charge < -0.3 is 4.74 Å². The SMILES string of the molecule is CC(C)C1CCC(C)C2OCCSC12. The van der Waals surface area contributed by atoms with Crippen LogP contribution in [0.25, 0.3) is 0 Å². The van der Waals surface area contributed by atoms with Gasteiger partial charge in [0.25, 0.3) is 0 Å². The molecule has 0 radical (unpaired) electrons. The van der Waals surface area contributed by atoms with Crippen LogP contribution in [0.5, 0.6) is 0 Å². The van der Waals surface area contributed by atoms with Gasteiger partial charge in [0.2, 0.25) is 0 Å². The van der Waals surface area contributed by atoms with E-state index >= 15 is 0 Å². The summed E-state index contributed by atoms with van der Waals surface area (Å²) in [5, 5.41) is 0.785. The van der Waals surface area contributed by atoms with E-state index in [2.05, 4.69) is 32.5 Å². The molecule has 1 nitrogen and oxygen atoms in total. The highest BCUT2D eigenvalue weighted by atomic mass is 32.2. The van der Waals surface area contributed by atoms with Gasteiger partial charge in [-0.15, -0.1) is 0 Å². The van der Waals surface area contributed by atoms with Crippen molar-refractivity contribution in [3.63, 3.8) is 0 Å². The summed E-state index contributed by atoms with van der Waals surface area (Å²) in [5.74, 6) is 3.70. The first-order chi connectivity index (χ1) is 6.70. The summed E-state index contributed by atoms with van der Waals surface area (Å²) in [7, 11) is 0. The van der Waals surface area contributed by atoms with Crippen LogP contribution in [0.2, 0.25) is 0 Å². The Morgan fingerprint density at radius 1 is 1.29 bits per heavy atom. The lowest BCUT2D eigenvalue weighted by atomic mass is 9.75. The van der Waals surface area contributed by atoms with Gasteiger partial charge in [0.05, 0.1) is 12.7 Å². The topological polar surface area (TPSA) is 9.23 Å². The fraction of sp³-hybridized carbons (Fsp3) is 1.00. The van der Waals surface area contributed by atoms with Gasteiger partial charge in [-0.25, -0.2) is 0 Å². The van der Waals surface area contributed by atoms with E-state index in [0.29, 0.717) is 6.10 Å². The predicted molar refractivity (Wildman–Crippen MR) is 62.7 cm³/mol. The lowest BCUT2D eigenvalue weighted by Crippen LogP contribution is -2.47. The van der Waals surface area contributed by atoms with Crippen molar-refractivity contribution in [2.75, 3.05) is 12.4 Å². The van der Waals surface area contributed by atoms with Crippen molar-refractivity contribution in [2.45, 2.75) is 45.0 Å². The zero-order chi connectivity index (χ0) is 10.1. The molecule has 82 valence electrons. The van der Waals surface area contributed by atoms with E-state index in [4.69, 9.17) is 4.74 Å². The number of hydrogen-bond donors (Lipinski definition) is 0. The van der Waals surface area contributed by atoms with E-state index in [-0.39, 0.29) is 0 Å². The Morgan fingerprint density at radius 2 is 2.07 bits per heavy atom. The second kappa shape index (κ2) is 4.44. The van der Waals surface area contributed by atoms with Crippen LogP contribution >= 0.6 is 11.8 Å². The van der Waals surface area contributed by atoms with Crippen LogP contribution in [-0.2, 0) is 4.74 Å². The Balaban J connectivity index is 2.08. The maximum Gasteiger partial charge on any atom is 0.0722 e. The van der Waals surface area contributed by atoms with Gasteiger partial charge in [0, 0.05) is 11.0 Å². The number of ether oxygens (including phenoxy) is 1. The van der Waals surface area contributed by atoms with Crippen LogP contribution in [0.15, 0.2) is 0 Å². The average Bonchev–Trinajstić information content (AvgIpc) is 2.18. The van der Waals surface area contributed by atoms with Crippen LogP contribution in [0.3, 0.4) is 0 Å². The van der Waals surface area contributed by atoms with E-state index in [1.807, 2.05) is 0 Å². The molecule has 1 saturated heterocycles. The van der Waals surface area contributed by atoms with E-state index in [1.165, 1.54) is 18.6 Å². The highest BCUT2D eigenvalue weighted by molar-refractivity contribution is 8.00. The summed E-state index contributed by atoms with van der Waals surface area (Å²) >= 11 is 2.16. The summed E-state index contributed by atoms with van der Waals surface area (Å²) in [6.07, 6.45) is 3.33. The fourth-order valence-corrected chi connectivity index (χ4v) is 4.61. The van der Waals surface area contributed by atoms with Gasteiger partial charge in [-0.2, -0.15) is 11.8 Å². The van der Waals surface area contributed by atoms with Crippen molar-refractivity contribution < 1.29 is 4.74 Å². The summed E-state index contributed by atoms with van der Waals surface area (Å²) < 4.78 is 5.95. The molecule has 4 unspecified atom stereocenters.